The van der Waals surface area contributed by atoms with E-state index < -0.39 is 12.4 Å². The van der Waals surface area contributed by atoms with Crippen LogP contribution in [0.15, 0.2) is 35.9 Å². The van der Waals surface area contributed by atoms with E-state index in [4.69, 9.17) is 5.11 Å². The van der Waals surface area contributed by atoms with Crippen molar-refractivity contribution in [1.29, 1.82) is 0 Å². The van der Waals surface area contributed by atoms with Crippen LogP contribution < -0.4 is 0 Å². The zero-order chi connectivity index (χ0) is 21.0. The van der Waals surface area contributed by atoms with Crippen molar-refractivity contribution in [3.8, 4) is 0 Å². The van der Waals surface area contributed by atoms with E-state index in [-0.39, 0.29) is 24.6 Å². The van der Waals surface area contributed by atoms with Crippen molar-refractivity contribution in [2.24, 2.45) is 5.92 Å². The maximum atomic E-state index is 13.4. The Morgan fingerprint density at radius 3 is 2.45 bits per heavy atom. The molecule has 2 aliphatic rings. The van der Waals surface area contributed by atoms with Gasteiger partial charge in [-0.15, -0.1) is 0 Å². The van der Waals surface area contributed by atoms with Crippen molar-refractivity contribution in [3.05, 3.63) is 41.5 Å². The molecule has 1 aromatic rings. The second-order valence-electron chi connectivity index (χ2n) is 8.05. The number of aliphatic hydroxyl groups is 2. The molecule has 162 valence electrons. The van der Waals surface area contributed by atoms with Gasteiger partial charge >= 0.3 is 6.18 Å². The quantitative estimate of drug-likeness (QED) is 0.642. The molecule has 4 nitrogen and oxygen atoms in total. The van der Waals surface area contributed by atoms with Crippen LogP contribution in [0, 0.1) is 5.92 Å². The average molecular weight is 412 g/mol. The molecule has 0 amide bonds. The first kappa shape index (κ1) is 22.3. The Morgan fingerprint density at radius 1 is 1.24 bits per heavy atom. The van der Waals surface area contributed by atoms with E-state index in [1.807, 2.05) is 37.3 Å². The molecule has 1 unspecified atom stereocenters. The van der Waals surface area contributed by atoms with Crippen molar-refractivity contribution in [1.82, 2.24) is 9.80 Å². The van der Waals surface area contributed by atoms with E-state index in [1.54, 1.807) is 0 Å². The van der Waals surface area contributed by atoms with Crippen LogP contribution in [0.25, 0.3) is 6.08 Å². The summed E-state index contributed by atoms with van der Waals surface area (Å²) in [5.74, 6) is 0.0488. The van der Waals surface area contributed by atoms with E-state index >= 15 is 0 Å². The number of benzene rings is 1. The van der Waals surface area contributed by atoms with E-state index in [2.05, 4.69) is 11.0 Å². The minimum absolute atomic E-state index is 0.0488. The van der Waals surface area contributed by atoms with Crippen LogP contribution in [-0.4, -0.2) is 70.7 Å². The van der Waals surface area contributed by atoms with Gasteiger partial charge in [-0.1, -0.05) is 48.9 Å². The maximum absolute atomic E-state index is 13.4. The van der Waals surface area contributed by atoms with Crippen molar-refractivity contribution in [2.75, 3.05) is 26.2 Å². The fourth-order valence-electron chi connectivity index (χ4n) is 4.55. The average Bonchev–Trinajstić information content (AvgIpc) is 3.48. The van der Waals surface area contributed by atoms with E-state index in [0.29, 0.717) is 38.9 Å². The van der Waals surface area contributed by atoms with Crippen LogP contribution in [0.3, 0.4) is 0 Å². The molecule has 1 heterocycles. The van der Waals surface area contributed by atoms with E-state index in [9.17, 15) is 18.3 Å². The predicted molar refractivity (Wildman–Crippen MR) is 107 cm³/mol. The first-order valence-corrected chi connectivity index (χ1v) is 10.5. The second kappa shape index (κ2) is 9.60. The van der Waals surface area contributed by atoms with Crippen molar-refractivity contribution in [2.45, 2.75) is 57.1 Å². The lowest BCUT2D eigenvalue weighted by Crippen LogP contribution is -2.55. The first-order valence-electron chi connectivity index (χ1n) is 10.5. The number of rotatable bonds is 8. The summed E-state index contributed by atoms with van der Waals surface area (Å²) in [4.78, 5) is 3.39. The summed E-state index contributed by atoms with van der Waals surface area (Å²) in [5.41, 5.74) is 2.19. The molecule has 0 bridgehead atoms. The lowest BCUT2D eigenvalue weighted by atomic mass is 10.0. The second-order valence-corrected chi connectivity index (χ2v) is 8.05. The number of aliphatic hydroxyl groups excluding tert-OH is 2. The SMILES string of the molecule is CC/C(=C\c1ccccc1)[C@@H]1C[C@H]1N(C1CCN(CCO)CC1)C(O)C(F)(F)F. The Labute approximate surface area is 170 Å². The molecular weight excluding hydrogens is 381 g/mol. The van der Waals surface area contributed by atoms with Crippen LogP contribution in [0.2, 0.25) is 0 Å². The summed E-state index contributed by atoms with van der Waals surface area (Å²) in [7, 11) is 0. The van der Waals surface area contributed by atoms with Crippen molar-refractivity contribution < 1.29 is 23.4 Å². The smallest absolute Gasteiger partial charge is 0.395 e. The summed E-state index contributed by atoms with van der Waals surface area (Å²) in [6.45, 7) is 3.91. The van der Waals surface area contributed by atoms with Gasteiger partial charge in [-0.3, -0.25) is 4.90 Å². The maximum Gasteiger partial charge on any atom is 0.428 e. The van der Waals surface area contributed by atoms with Gasteiger partial charge in [0.15, 0.2) is 0 Å². The van der Waals surface area contributed by atoms with Crippen LogP contribution in [0.4, 0.5) is 13.2 Å². The molecule has 7 heteroatoms. The molecular formula is C22H31F3N2O2. The van der Waals surface area contributed by atoms with Gasteiger partial charge in [-0.25, -0.2) is 0 Å². The molecule has 1 aliphatic heterocycles. The highest BCUT2D eigenvalue weighted by atomic mass is 19.4. The van der Waals surface area contributed by atoms with Crippen LogP contribution in [0.5, 0.6) is 0 Å². The fourth-order valence-corrected chi connectivity index (χ4v) is 4.55. The molecule has 29 heavy (non-hydrogen) atoms. The Kier molecular flexibility index (Phi) is 7.37. The number of nitrogens with zero attached hydrogens (tertiary/aromatic N) is 2. The molecule has 0 spiro atoms. The summed E-state index contributed by atoms with van der Waals surface area (Å²) < 4.78 is 40.3. The molecule has 0 aromatic heterocycles. The molecule has 3 atom stereocenters. The van der Waals surface area contributed by atoms with Gasteiger partial charge in [0.2, 0.25) is 6.23 Å². The Balaban J connectivity index is 1.75. The van der Waals surface area contributed by atoms with Gasteiger partial charge in [-0.2, -0.15) is 13.2 Å². The Morgan fingerprint density at radius 2 is 1.90 bits per heavy atom. The first-order chi connectivity index (χ1) is 13.8. The van der Waals surface area contributed by atoms with Gasteiger partial charge in [0.05, 0.1) is 6.61 Å². The number of likely N-dealkylation sites (tertiary alicyclic amines) is 1. The van der Waals surface area contributed by atoms with Crippen molar-refractivity contribution >= 4 is 6.08 Å². The number of alkyl halides is 3. The van der Waals surface area contributed by atoms with Gasteiger partial charge in [0.25, 0.3) is 0 Å². The van der Waals surface area contributed by atoms with Crippen molar-refractivity contribution in [3.63, 3.8) is 0 Å². The van der Waals surface area contributed by atoms with Gasteiger partial charge in [0, 0.05) is 18.6 Å². The Hall–Kier alpha value is -1.41. The third-order valence-electron chi connectivity index (χ3n) is 6.15. The van der Waals surface area contributed by atoms with Gasteiger partial charge in [-0.05, 0) is 50.3 Å². The van der Waals surface area contributed by atoms with E-state index in [0.717, 1.165) is 17.6 Å². The summed E-state index contributed by atoms with van der Waals surface area (Å²) in [6.07, 6.45) is -2.45. The van der Waals surface area contributed by atoms with Crippen LogP contribution in [-0.2, 0) is 0 Å². The number of hydrogen-bond donors (Lipinski definition) is 2. The zero-order valence-corrected chi connectivity index (χ0v) is 16.9. The molecule has 2 fully saturated rings. The molecule has 2 N–H and O–H groups in total. The zero-order valence-electron chi connectivity index (χ0n) is 16.9. The lowest BCUT2D eigenvalue weighted by Gasteiger charge is -2.41. The summed E-state index contributed by atoms with van der Waals surface area (Å²) in [6, 6.07) is 9.24. The van der Waals surface area contributed by atoms with E-state index in [1.165, 1.54) is 4.90 Å². The monoisotopic (exact) mass is 412 g/mol. The largest absolute Gasteiger partial charge is 0.428 e. The normalized spacial score (nSPS) is 25.4. The third-order valence-corrected chi connectivity index (χ3v) is 6.15. The summed E-state index contributed by atoms with van der Waals surface area (Å²) >= 11 is 0. The fraction of sp³-hybridized carbons (Fsp3) is 0.636. The number of hydrogen-bond acceptors (Lipinski definition) is 4. The number of piperidine rings is 1. The molecule has 1 saturated carbocycles. The lowest BCUT2D eigenvalue weighted by molar-refractivity contribution is -0.260. The molecule has 3 rings (SSSR count). The molecule has 1 aromatic carbocycles. The minimum atomic E-state index is -4.66. The summed E-state index contributed by atoms with van der Waals surface area (Å²) in [5, 5.41) is 19.3. The van der Waals surface area contributed by atoms with Gasteiger partial charge < -0.3 is 15.1 Å². The molecule has 1 aliphatic carbocycles. The number of halogens is 3. The highest BCUT2D eigenvalue weighted by Crippen LogP contribution is 2.47. The third kappa shape index (κ3) is 5.60. The molecule has 1 saturated heterocycles. The topological polar surface area (TPSA) is 46.9 Å². The van der Waals surface area contributed by atoms with Crippen LogP contribution in [0.1, 0.15) is 38.2 Å². The minimum Gasteiger partial charge on any atom is -0.395 e. The number of β-amino-alcohol motifs (C(OH)–C–C–N with tert-alkyl or cyclic N) is 1. The van der Waals surface area contributed by atoms with Gasteiger partial charge in [0.1, 0.15) is 0 Å². The molecule has 0 radical (unpaired) electrons. The highest BCUT2D eigenvalue weighted by molar-refractivity contribution is 5.54. The standard InChI is InChI=1S/C22H31F3N2O2/c1-2-17(14-16-6-4-3-5-7-16)19-15-20(19)27(21(29)22(23,24)25)18-8-10-26(11-9-18)12-13-28/h3-7,14,18-21,28-29H,2,8-13,15H2,1H3/b17-14+/t19-,20+,21?/m0/s1. The van der Waals surface area contributed by atoms with Crippen LogP contribution >= 0.6 is 0 Å². The predicted octanol–water partition coefficient (Wildman–Crippen LogP) is 3.51. The Bertz CT molecular complexity index is 672. The highest BCUT2D eigenvalue weighted by Gasteiger charge is 2.54.